The van der Waals surface area contributed by atoms with Gasteiger partial charge in [-0.2, -0.15) is 5.10 Å². The summed E-state index contributed by atoms with van der Waals surface area (Å²) in [4.78, 5) is 16.8. The second kappa shape index (κ2) is 5.62. The second-order valence-electron chi connectivity index (χ2n) is 5.87. The van der Waals surface area contributed by atoms with Crippen molar-refractivity contribution in [3.63, 3.8) is 0 Å². The standard InChI is InChI=1S/C18H14FN5O/c1-10-3-4-14(16-13(10)5-6-20-23-16)18(25)22-12-7-15(19)17-21-11(2)8-24(17)9-12/h3-9H,1-2H3,(H,22,25). The quantitative estimate of drug-likeness (QED) is 0.610. The van der Waals surface area contributed by atoms with E-state index in [1.165, 1.54) is 6.07 Å². The fraction of sp³-hybridized carbons (Fsp3) is 0.111. The highest BCUT2D eigenvalue weighted by Gasteiger charge is 2.15. The number of rotatable bonds is 2. The summed E-state index contributed by atoms with van der Waals surface area (Å²) in [6, 6.07) is 6.61. The second-order valence-corrected chi connectivity index (χ2v) is 5.87. The summed E-state index contributed by atoms with van der Waals surface area (Å²) < 4.78 is 15.7. The predicted octanol–water partition coefficient (Wildman–Crippen LogP) is 3.29. The minimum absolute atomic E-state index is 0.224. The van der Waals surface area contributed by atoms with Crippen molar-refractivity contribution in [3.05, 3.63) is 65.5 Å². The van der Waals surface area contributed by atoms with Crippen molar-refractivity contribution < 1.29 is 9.18 Å². The van der Waals surface area contributed by atoms with Crippen molar-refractivity contribution >= 4 is 28.1 Å². The summed E-state index contributed by atoms with van der Waals surface area (Å²) in [5, 5.41) is 11.5. The topological polar surface area (TPSA) is 72.2 Å². The molecule has 0 bridgehead atoms. The molecule has 124 valence electrons. The number of carbonyl (C=O) groups excluding carboxylic acids is 1. The van der Waals surface area contributed by atoms with Crippen LogP contribution in [0.25, 0.3) is 16.6 Å². The van der Waals surface area contributed by atoms with E-state index in [9.17, 15) is 9.18 Å². The number of carbonyl (C=O) groups is 1. The molecule has 0 saturated heterocycles. The fourth-order valence-corrected chi connectivity index (χ4v) is 2.86. The minimum Gasteiger partial charge on any atom is -0.320 e. The average Bonchev–Trinajstić information content (AvgIpc) is 2.96. The van der Waals surface area contributed by atoms with Crippen LogP contribution in [-0.4, -0.2) is 25.5 Å². The first-order chi connectivity index (χ1) is 12.0. The lowest BCUT2D eigenvalue weighted by molar-refractivity contribution is 0.102. The van der Waals surface area contributed by atoms with E-state index in [1.54, 1.807) is 36.0 Å². The van der Waals surface area contributed by atoms with Gasteiger partial charge < -0.3 is 9.72 Å². The summed E-state index contributed by atoms with van der Waals surface area (Å²) in [5.41, 5.74) is 3.16. The van der Waals surface area contributed by atoms with Crippen LogP contribution in [0.3, 0.4) is 0 Å². The Labute approximate surface area is 142 Å². The Bertz CT molecular complexity index is 1140. The number of anilines is 1. The van der Waals surface area contributed by atoms with Crippen molar-refractivity contribution in [1.29, 1.82) is 0 Å². The van der Waals surface area contributed by atoms with E-state index >= 15 is 0 Å². The Kier molecular flexibility index (Phi) is 3.42. The van der Waals surface area contributed by atoms with Crippen LogP contribution in [0.4, 0.5) is 10.1 Å². The van der Waals surface area contributed by atoms with Crippen LogP contribution in [0.5, 0.6) is 0 Å². The predicted molar refractivity (Wildman–Crippen MR) is 92.1 cm³/mol. The van der Waals surface area contributed by atoms with E-state index in [2.05, 4.69) is 20.5 Å². The largest absolute Gasteiger partial charge is 0.320 e. The maximum atomic E-state index is 14.2. The highest BCUT2D eigenvalue weighted by Crippen LogP contribution is 2.22. The number of imidazole rings is 1. The molecule has 1 amide bonds. The maximum Gasteiger partial charge on any atom is 0.257 e. The molecule has 1 aromatic carbocycles. The summed E-state index contributed by atoms with van der Waals surface area (Å²) >= 11 is 0. The Morgan fingerprint density at radius 1 is 1.20 bits per heavy atom. The van der Waals surface area contributed by atoms with Crippen LogP contribution in [0.15, 0.2) is 42.9 Å². The minimum atomic E-state index is -0.501. The number of aromatic nitrogens is 4. The van der Waals surface area contributed by atoms with Crippen molar-refractivity contribution in [2.45, 2.75) is 13.8 Å². The number of benzene rings is 1. The van der Waals surface area contributed by atoms with Crippen LogP contribution in [-0.2, 0) is 0 Å². The molecule has 0 unspecified atom stereocenters. The average molecular weight is 335 g/mol. The molecule has 4 aromatic rings. The third-order valence-corrected chi connectivity index (χ3v) is 4.03. The van der Waals surface area contributed by atoms with E-state index in [1.807, 2.05) is 19.1 Å². The molecule has 3 heterocycles. The first-order valence-corrected chi connectivity index (χ1v) is 7.70. The molecule has 1 N–H and O–H groups in total. The van der Waals surface area contributed by atoms with Gasteiger partial charge in [0, 0.05) is 23.8 Å². The van der Waals surface area contributed by atoms with Crippen LogP contribution in [0, 0.1) is 19.7 Å². The van der Waals surface area contributed by atoms with Gasteiger partial charge in [-0.25, -0.2) is 9.37 Å². The number of amides is 1. The third-order valence-electron chi connectivity index (χ3n) is 4.03. The first kappa shape index (κ1) is 15.2. The molecule has 7 heteroatoms. The lowest BCUT2D eigenvalue weighted by atomic mass is 10.1. The fourth-order valence-electron chi connectivity index (χ4n) is 2.86. The third kappa shape index (κ3) is 2.59. The molecule has 6 nitrogen and oxygen atoms in total. The van der Waals surface area contributed by atoms with Gasteiger partial charge in [-0.05, 0) is 31.5 Å². The highest BCUT2D eigenvalue weighted by molar-refractivity contribution is 6.12. The van der Waals surface area contributed by atoms with Crippen LogP contribution >= 0.6 is 0 Å². The molecule has 0 aliphatic rings. The van der Waals surface area contributed by atoms with Gasteiger partial charge in [0.1, 0.15) is 5.52 Å². The van der Waals surface area contributed by atoms with E-state index in [0.717, 1.165) is 10.9 Å². The molecule has 0 atom stereocenters. The summed E-state index contributed by atoms with van der Waals surface area (Å²) in [6.07, 6.45) is 4.90. The number of pyridine rings is 1. The first-order valence-electron chi connectivity index (χ1n) is 7.70. The van der Waals surface area contributed by atoms with Crippen LogP contribution < -0.4 is 5.32 Å². The Hall–Kier alpha value is -3.35. The molecule has 3 aromatic heterocycles. The summed E-state index contributed by atoms with van der Waals surface area (Å²) in [7, 11) is 0. The molecular weight excluding hydrogens is 321 g/mol. The number of fused-ring (bicyclic) bond motifs is 2. The molecule has 0 spiro atoms. The van der Waals surface area contributed by atoms with Crippen LogP contribution in [0.1, 0.15) is 21.6 Å². The van der Waals surface area contributed by atoms with E-state index in [4.69, 9.17) is 0 Å². The number of aryl methyl sites for hydroxylation is 2. The van der Waals surface area contributed by atoms with Gasteiger partial charge >= 0.3 is 0 Å². The Balaban J connectivity index is 1.75. The highest BCUT2D eigenvalue weighted by atomic mass is 19.1. The summed E-state index contributed by atoms with van der Waals surface area (Å²) in [5.74, 6) is -0.874. The van der Waals surface area contributed by atoms with Gasteiger partial charge in [-0.3, -0.25) is 4.79 Å². The van der Waals surface area contributed by atoms with Gasteiger partial charge in [0.25, 0.3) is 5.91 Å². The number of halogens is 1. The SMILES string of the molecule is Cc1cn2cc(NC(=O)c3ccc(C)c4ccnnc34)cc(F)c2n1. The zero-order valence-electron chi connectivity index (χ0n) is 13.6. The van der Waals surface area contributed by atoms with Crippen molar-refractivity contribution in [2.24, 2.45) is 0 Å². The van der Waals surface area contributed by atoms with Gasteiger partial charge in [0.15, 0.2) is 11.5 Å². The van der Waals surface area contributed by atoms with Gasteiger partial charge in [0.05, 0.1) is 23.1 Å². The molecular formula is C18H14FN5O. The molecule has 0 aliphatic heterocycles. The maximum absolute atomic E-state index is 14.2. The molecule has 0 radical (unpaired) electrons. The van der Waals surface area contributed by atoms with E-state index in [-0.39, 0.29) is 11.6 Å². The van der Waals surface area contributed by atoms with Gasteiger partial charge in [0.2, 0.25) is 0 Å². The smallest absolute Gasteiger partial charge is 0.257 e. The van der Waals surface area contributed by atoms with Gasteiger partial charge in [-0.1, -0.05) is 6.07 Å². The molecule has 0 fully saturated rings. The zero-order valence-corrected chi connectivity index (χ0v) is 13.6. The van der Waals surface area contributed by atoms with E-state index in [0.29, 0.717) is 22.5 Å². The number of hydrogen-bond acceptors (Lipinski definition) is 4. The molecule has 4 rings (SSSR count). The molecule has 0 aliphatic carbocycles. The Morgan fingerprint density at radius 3 is 2.88 bits per heavy atom. The van der Waals surface area contributed by atoms with E-state index < -0.39 is 5.82 Å². The normalized spacial score (nSPS) is 11.2. The Morgan fingerprint density at radius 2 is 2.04 bits per heavy atom. The lowest BCUT2D eigenvalue weighted by Gasteiger charge is -2.09. The number of hydrogen-bond donors (Lipinski definition) is 1. The van der Waals surface area contributed by atoms with Crippen molar-refractivity contribution in [1.82, 2.24) is 19.6 Å². The van der Waals surface area contributed by atoms with Crippen LogP contribution in [0.2, 0.25) is 0 Å². The zero-order chi connectivity index (χ0) is 17.6. The molecule has 0 saturated carbocycles. The lowest BCUT2D eigenvalue weighted by Crippen LogP contribution is -2.14. The monoisotopic (exact) mass is 335 g/mol. The van der Waals surface area contributed by atoms with Crippen molar-refractivity contribution in [3.8, 4) is 0 Å². The van der Waals surface area contributed by atoms with Gasteiger partial charge in [-0.15, -0.1) is 5.10 Å². The number of nitrogens with one attached hydrogen (secondary N) is 1. The van der Waals surface area contributed by atoms with Crippen molar-refractivity contribution in [2.75, 3.05) is 5.32 Å². The summed E-state index contributed by atoms with van der Waals surface area (Å²) in [6.45, 7) is 3.72. The number of nitrogens with zero attached hydrogens (tertiary/aromatic N) is 4. The molecule has 25 heavy (non-hydrogen) atoms.